The van der Waals surface area contributed by atoms with Crippen LogP contribution in [-0.4, -0.2) is 16.9 Å². The summed E-state index contributed by atoms with van der Waals surface area (Å²) < 4.78 is 1.88. The smallest absolute Gasteiger partial charge is 0.206 e. The van der Waals surface area contributed by atoms with E-state index in [2.05, 4.69) is 34.7 Å². The monoisotopic (exact) mass is 361 g/mol. The summed E-state index contributed by atoms with van der Waals surface area (Å²) in [6.45, 7) is 4.12. The maximum absolute atomic E-state index is 6.13. The molecule has 3 nitrogen and oxygen atoms in total. The van der Waals surface area contributed by atoms with Gasteiger partial charge in [0.1, 0.15) is 0 Å². The predicted octanol–water partition coefficient (Wildman–Crippen LogP) is 5.12. The molecule has 3 rings (SSSR count). The maximum atomic E-state index is 6.13. The number of hydrogen-bond acceptors (Lipinski definition) is 4. The Hall–Kier alpha value is -1.69. The third kappa shape index (κ3) is 3.99. The van der Waals surface area contributed by atoms with Gasteiger partial charge in [0.15, 0.2) is 0 Å². The van der Waals surface area contributed by atoms with E-state index in [1.165, 1.54) is 0 Å². The molecule has 0 atom stereocenters. The zero-order valence-corrected chi connectivity index (χ0v) is 15.2. The fourth-order valence-corrected chi connectivity index (χ4v) is 3.81. The number of thiazole rings is 1. The molecule has 0 radical (unpaired) electrons. The summed E-state index contributed by atoms with van der Waals surface area (Å²) in [6, 6.07) is 10.0. The molecular weight excluding hydrogens is 346 g/mol. The second-order valence-corrected chi connectivity index (χ2v) is 7.30. The molecule has 1 aromatic carbocycles. The van der Waals surface area contributed by atoms with E-state index in [4.69, 9.17) is 11.6 Å². The summed E-state index contributed by atoms with van der Waals surface area (Å²) in [5.41, 5.74) is 3.10. The van der Waals surface area contributed by atoms with Crippen LogP contribution in [0.1, 0.15) is 19.4 Å². The Morgan fingerprint density at radius 2 is 2.09 bits per heavy atom. The van der Waals surface area contributed by atoms with Crippen LogP contribution in [0.25, 0.3) is 11.3 Å². The molecule has 0 fully saturated rings. The van der Waals surface area contributed by atoms with Gasteiger partial charge >= 0.3 is 0 Å². The van der Waals surface area contributed by atoms with Gasteiger partial charge in [0.25, 0.3) is 0 Å². The lowest BCUT2D eigenvalue weighted by Crippen LogP contribution is -2.14. The van der Waals surface area contributed by atoms with Crippen molar-refractivity contribution in [3.63, 3.8) is 0 Å². The summed E-state index contributed by atoms with van der Waals surface area (Å²) in [7, 11) is 0. The molecule has 0 amide bonds. The van der Waals surface area contributed by atoms with Gasteiger partial charge in [0, 0.05) is 27.6 Å². The molecule has 0 unspecified atom stereocenters. The van der Waals surface area contributed by atoms with Crippen molar-refractivity contribution in [1.82, 2.24) is 4.68 Å². The van der Waals surface area contributed by atoms with Crippen molar-refractivity contribution in [2.75, 3.05) is 0 Å². The average molecular weight is 362 g/mol. The first-order valence-corrected chi connectivity index (χ1v) is 9.40. The van der Waals surface area contributed by atoms with Crippen molar-refractivity contribution >= 4 is 40.5 Å². The maximum Gasteiger partial charge on any atom is 0.206 e. The summed E-state index contributed by atoms with van der Waals surface area (Å²) >= 11 is 9.37. The number of thiophene rings is 1. The van der Waals surface area contributed by atoms with Gasteiger partial charge < -0.3 is 0 Å². The van der Waals surface area contributed by atoms with Crippen molar-refractivity contribution in [3.05, 3.63) is 61.9 Å². The van der Waals surface area contributed by atoms with Crippen molar-refractivity contribution < 1.29 is 0 Å². The molecule has 0 bridgehead atoms. The third-order valence-electron chi connectivity index (χ3n) is 3.04. The number of aromatic nitrogens is 1. The standard InChI is InChI=1S/C17H16ClN3S2/c1-12(2)20-17-21(19-9-13-6-7-22-10-13)16(11-23-17)14-4-3-5-15(18)8-14/h3-12H,1-2H3. The first kappa shape index (κ1) is 16.2. The Morgan fingerprint density at radius 3 is 2.78 bits per heavy atom. The lowest BCUT2D eigenvalue weighted by Gasteiger charge is -2.04. The average Bonchev–Trinajstić information content (AvgIpc) is 3.14. The van der Waals surface area contributed by atoms with E-state index in [0.29, 0.717) is 5.02 Å². The zero-order valence-electron chi connectivity index (χ0n) is 12.8. The lowest BCUT2D eigenvalue weighted by molar-refractivity contribution is 0.755. The van der Waals surface area contributed by atoms with Crippen LogP contribution in [-0.2, 0) is 0 Å². The minimum atomic E-state index is 0.212. The van der Waals surface area contributed by atoms with Gasteiger partial charge in [-0.25, -0.2) is 4.68 Å². The minimum Gasteiger partial charge on any atom is -0.255 e. The first-order valence-electron chi connectivity index (χ1n) is 7.20. The fraction of sp³-hybridized carbons (Fsp3) is 0.176. The van der Waals surface area contributed by atoms with E-state index < -0.39 is 0 Å². The minimum absolute atomic E-state index is 0.212. The molecule has 0 spiro atoms. The molecule has 0 saturated carbocycles. The number of hydrogen-bond donors (Lipinski definition) is 0. The molecule has 2 aromatic heterocycles. The van der Waals surface area contributed by atoms with Crippen LogP contribution in [0.15, 0.2) is 56.6 Å². The van der Waals surface area contributed by atoms with E-state index in [0.717, 1.165) is 21.6 Å². The van der Waals surface area contributed by atoms with Crippen LogP contribution >= 0.6 is 34.3 Å². The van der Waals surface area contributed by atoms with Gasteiger partial charge in [-0.05, 0) is 42.8 Å². The highest BCUT2D eigenvalue weighted by atomic mass is 35.5. The highest BCUT2D eigenvalue weighted by molar-refractivity contribution is 7.08. The molecular formula is C17H16ClN3S2. The molecule has 0 saturated heterocycles. The normalized spacial score (nSPS) is 12.6. The summed E-state index contributed by atoms with van der Waals surface area (Å²) in [4.78, 5) is 5.54. The van der Waals surface area contributed by atoms with E-state index in [1.54, 1.807) is 22.7 Å². The zero-order chi connectivity index (χ0) is 16.2. The highest BCUT2D eigenvalue weighted by Crippen LogP contribution is 2.23. The van der Waals surface area contributed by atoms with Crippen LogP contribution in [0.3, 0.4) is 0 Å². The largest absolute Gasteiger partial charge is 0.255 e. The van der Waals surface area contributed by atoms with Crippen LogP contribution in [0.2, 0.25) is 5.02 Å². The van der Waals surface area contributed by atoms with Crippen molar-refractivity contribution in [3.8, 4) is 11.3 Å². The van der Waals surface area contributed by atoms with Crippen LogP contribution in [0.4, 0.5) is 0 Å². The Morgan fingerprint density at radius 1 is 1.22 bits per heavy atom. The number of halogens is 1. The van der Waals surface area contributed by atoms with E-state index in [1.807, 2.05) is 46.6 Å². The Balaban J connectivity index is 2.11. The fourth-order valence-electron chi connectivity index (χ4n) is 2.04. The molecule has 3 aromatic rings. The van der Waals surface area contributed by atoms with Gasteiger partial charge in [0.2, 0.25) is 4.80 Å². The number of nitrogens with zero attached hydrogens (tertiary/aromatic N) is 3. The van der Waals surface area contributed by atoms with Crippen LogP contribution < -0.4 is 4.80 Å². The van der Waals surface area contributed by atoms with Gasteiger partial charge in [-0.1, -0.05) is 23.7 Å². The molecule has 23 heavy (non-hydrogen) atoms. The van der Waals surface area contributed by atoms with Gasteiger partial charge in [-0.15, -0.1) is 11.3 Å². The molecule has 0 N–H and O–H groups in total. The number of benzene rings is 1. The van der Waals surface area contributed by atoms with Gasteiger partial charge in [-0.2, -0.15) is 16.4 Å². The Kier molecular flexibility index (Phi) is 5.10. The Labute approximate surface area is 148 Å². The van der Waals surface area contributed by atoms with Crippen LogP contribution in [0.5, 0.6) is 0 Å². The van der Waals surface area contributed by atoms with E-state index >= 15 is 0 Å². The topological polar surface area (TPSA) is 29.6 Å². The first-order chi connectivity index (χ1) is 11.1. The van der Waals surface area contributed by atoms with Crippen LogP contribution in [0, 0.1) is 0 Å². The molecule has 0 aliphatic rings. The molecule has 2 heterocycles. The summed E-state index contributed by atoms with van der Waals surface area (Å²) in [6.07, 6.45) is 1.86. The van der Waals surface area contributed by atoms with Crippen molar-refractivity contribution in [2.24, 2.45) is 10.1 Å². The lowest BCUT2D eigenvalue weighted by atomic mass is 10.2. The quantitative estimate of drug-likeness (QED) is 0.577. The van der Waals surface area contributed by atoms with E-state index in [9.17, 15) is 0 Å². The Bertz CT molecular complexity index is 873. The SMILES string of the molecule is CC(C)N=c1scc(-c2cccc(Cl)c2)n1N=Cc1ccsc1. The van der Waals surface area contributed by atoms with Crippen molar-refractivity contribution in [1.29, 1.82) is 0 Å². The molecule has 6 heteroatoms. The molecule has 0 aliphatic carbocycles. The summed E-state index contributed by atoms with van der Waals surface area (Å²) in [5, 5.41) is 11.5. The highest BCUT2D eigenvalue weighted by Gasteiger charge is 2.08. The predicted molar refractivity (Wildman–Crippen MR) is 101 cm³/mol. The van der Waals surface area contributed by atoms with E-state index in [-0.39, 0.29) is 6.04 Å². The third-order valence-corrected chi connectivity index (χ3v) is 4.81. The second kappa shape index (κ2) is 7.25. The molecule has 118 valence electrons. The molecule has 0 aliphatic heterocycles. The second-order valence-electron chi connectivity index (χ2n) is 5.25. The van der Waals surface area contributed by atoms with Gasteiger partial charge in [0.05, 0.1) is 11.9 Å². The van der Waals surface area contributed by atoms with Crippen molar-refractivity contribution in [2.45, 2.75) is 19.9 Å². The van der Waals surface area contributed by atoms with Gasteiger partial charge in [-0.3, -0.25) is 4.99 Å². The summed E-state index contributed by atoms with van der Waals surface area (Å²) in [5.74, 6) is 0. The number of rotatable bonds is 4.